The number of hydrogen-bond donors (Lipinski definition) is 1. The molecule has 0 fully saturated rings. The number of H-pyrrole nitrogens is 1. The Bertz CT molecular complexity index is 852. The molecule has 0 bridgehead atoms. The van der Waals surface area contributed by atoms with Crippen LogP contribution in [-0.4, -0.2) is 21.1 Å². The molecule has 0 unspecified atom stereocenters. The monoisotopic (exact) mass is 334 g/mol. The Hall–Kier alpha value is -2.38. The molecule has 2 aromatic heterocycles. The number of aromatic amines is 1. The van der Waals surface area contributed by atoms with E-state index < -0.39 is 0 Å². The van der Waals surface area contributed by atoms with Crippen molar-refractivity contribution in [2.24, 2.45) is 5.10 Å². The van der Waals surface area contributed by atoms with Crippen molar-refractivity contribution in [1.82, 2.24) is 14.9 Å². The number of ether oxygens (including phenoxy) is 1. The summed E-state index contributed by atoms with van der Waals surface area (Å²) in [4.78, 5) is 0. The van der Waals surface area contributed by atoms with Crippen molar-refractivity contribution in [3.05, 3.63) is 64.0 Å². The van der Waals surface area contributed by atoms with Gasteiger partial charge in [0.1, 0.15) is 30.2 Å². The van der Waals surface area contributed by atoms with E-state index in [0.717, 1.165) is 0 Å². The number of halogens is 1. The standard InChI is InChI=1S/C14H11ClN4O2S/c15-12-3-1-2-4-13(12)20-8-11-6-5-10(21-11)7-17-19-9-16-18-14(19)22/h1-7,9H,8H2,(H,18,22)/b17-7-. The third-order valence-corrected chi connectivity index (χ3v) is 3.32. The van der Waals surface area contributed by atoms with Crippen molar-refractivity contribution in [1.29, 1.82) is 0 Å². The summed E-state index contributed by atoms with van der Waals surface area (Å²) in [6, 6.07) is 10.9. The maximum absolute atomic E-state index is 6.02. The molecule has 0 radical (unpaired) electrons. The van der Waals surface area contributed by atoms with Crippen molar-refractivity contribution >= 4 is 30.0 Å². The fourth-order valence-electron chi connectivity index (χ4n) is 1.70. The highest BCUT2D eigenvalue weighted by atomic mass is 35.5. The average molecular weight is 335 g/mol. The van der Waals surface area contributed by atoms with Crippen molar-refractivity contribution in [3.63, 3.8) is 0 Å². The Kier molecular flexibility index (Phi) is 4.36. The van der Waals surface area contributed by atoms with E-state index in [9.17, 15) is 0 Å². The minimum Gasteiger partial charge on any atom is -0.484 e. The normalized spacial score (nSPS) is 11.1. The Balaban J connectivity index is 1.64. The zero-order chi connectivity index (χ0) is 15.4. The second kappa shape index (κ2) is 6.59. The quantitative estimate of drug-likeness (QED) is 0.571. The largest absolute Gasteiger partial charge is 0.484 e. The smallest absolute Gasteiger partial charge is 0.216 e. The van der Waals surface area contributed by atoms with Gasteiger partial charge in [-0.05, 0) is 36.5 Å². The summed E-state index contributed by atoms with van der Waals surface area (Å²) >= 11 is 11.0. The van der Waals surface area contributed by atoms with Crippen LogP contribution in [0, 0.1) is 4.77 Å². The van der Waals surface area contributed by atoms with Gasteiger partial charge < -0.3 is 9.15 Å². The number of nitrogens with one attached hydrogen (secondary N) is 1. The lowest BCUT2D eigenvalue weighted by molar-refractivity contribution is 0.270. The summed E-state index contributed by atoms with van der Waals surface area (Å²) in [5, 5.41) is 11.1. The van der Waals surface area contributed by atoms with Gasteiger partial charge in [-0.2, -0.15) is 14.9 Å². The number of furan rings is 1. The van der Waals surface area contributed by atoms with E-state index in [0.29, 0.717) is 27.1 Å². The van der Waals surface area contributed by atoms with Crippen LogP contribution in [0.15, 0.2) is 52.2 Å². The van der Waals surface area contributed by atoms with Crippen LogP contribution in [0.25, 0.3) is 0 Å². The van der Waals surface area contributed by atoms with Crippen LogP contribution in [-0.2, 0) is 6.61 Å². The summed E-state index contributed by atoms with van der Waals surface area (Å²) in [5.41, 5.74) is 0. The van der Waals surface area contributed by atoms with E-state index in [4.69, 9.17) is 33.0 Å². The molecule has 112 valence electrons. The molecule has 3 rings (SSSR count). The number of rotatable bonds is 5. The Labute approximate surface area is 136 Å². The molecule has 0 aliphatic rings. The van der Waals surface area contributed by atoms with Gasteiger partial charge in [0.2, 0.25) is 4.77 Å². The molecule has 3 aromatic rings. The number of para-hydroxylation sites is 1. The first kappa shape index (κ1) is 14.6. The van der Waals surface area contributed by atoms with Gasteiger partial charge >= 0.3 is 0 Å². The van der Waals surface area contributed by atoms with E-state index >= 15 is 0 Å². The first-order chi connectivity index (χ1) is 10.7. The van der Waals surface area contributed by atoms with Crippen LogP contribution in [0.3, 0.4) is 0 Å². The van der Waals surface area contributed by atoms with E-state index in [1.54, 1.807) is 24.4 Å². The second-order valence-corrected chi connectivity index (χ2v) is 5.07. The highest BCUT2D eigenvalue weighted by Gasteiger charge is 2.04. The van der Waals surface area contributed by atoms with E-state index in [2.05, 4.69) is 15.3 Å². The van der Waals surface area contributed by atoms with E-state index in [1.807, 2.05) is 18.2 Å². The fraction of sp³-hybridized carbons (Fsp3) is 0.0714. The maximum atomic E-state index is 6.02. The zero-order valence-corrected chi connectivity index (χ0v) is 12.8. The van der Waals surface area contributed by atoms with Gasteiger partial charge in [-0.25, -0.2) is 0 Å². The van der Waals surface area contributed by atoms with Crippen LogP contribution in [0.2, 0.25) is 5.02 Å². The fourth-order valence-corrected chi connectivity index (χ4v) is 2.03. The second-order valence-electron chi connectivity index (χ2n) is 4.27. The average Bonchev–Trinajstić information content (AvgIpc) is 3.13. The molecule has 22 heavy (non-hydrogen) atoms. The molecule has 0 aliphatic carbocycles. The van der Waals surface area contributed by atoms with Crippen molar-refractivity contribution in [3.8, 4) is 5.75 Å². The summed E-state index contributed by atoms with van der Waals surface area (Å²) < 4.78 is 13.0. The molecule has 6 nitrogen and oxygen atoms in total. The van der Waals surface area contributed by atoms with E-state index in [1.165, 1.54) is 11.0 Å². The topological polar surface area (TPSA) is 68.3 Å². The van der Waals surface area contributed by atoms with Gasteiger partial charge in [0.15, 0.2) is 0 Å². The third kappa shape index (κ3) is 3.44. The maximum Gasteiger partial charge on any atom is 0.216 e. The molecular formula is C14H11ClN4O2S. The summed E-state index contributed by atoms with van der Waals surface area (Å²) in [6.07, 6.45) is 3.02. The van der Waals surface area contributed by atoms with Gasteiger partial charge in [-0.3, -0.25) is 5.10 Å². The molecule has 1 aromatic carbocycles. The van der Waals surface area contributed by atoms with Crippen LogP contribution in [0.5, 0.6) is 5.75 Å². The summed E-state index contributed by atoms with van der Waals surface area (Å²) in [7, 11) is 0. The predicted molar refractivity (Wildman–Crippen MR) is 84.9 cm³/mol. The third-order valence-electron chi connectivity index (χ3n) is 2.73. The lowest BCUT2D eigenvalue weighted by Crippen LogP contribution is -1.94. The number of aromatic nitrogens is 3. The molecule has 0 spiro atoms. The first-order valence-corrected chi connectivity index (χ1v) is 7.13. The lowest BCUT2D eigenvalue weighted by atomic mass is 10.3. The van der Waals surface area contributed by atoms with Gasteiger partial charge in [-0.1, -0.05) is 23.7 Å². The Morgan fingerprint density at radius 2 is 2.23 bits per heavy atom. The number of nitrogens with zero attached hydrogens (tertiary/aromatic N) is 3. The van der Waals surface area contributed by atoms with Crippen molar-refractivity contribution in [2.45, 2.75) is 6.61 Å². The molecule has 0 saturated carbocycles. The van der Waals surface area contributed by atoms with Crippen LogP contribution >= 0.6 is 23.8 Å². The van der Waals surface area contributed by atoms with Crippen molar-refractivity contribution in [2.75, 3.05) is 0 Å². The minimum atomic E-state index is 0.280. The van der Waals surface area contributed by atoms with Gasteiger partial charge in [0, 0.05) is 0 Å². The first-order valence-electron chi connectivity index (χ1n) is 6.35. The Morgan fingerprint density at radius 3 is 3.00 bits per heavy atom. The minimum absolute atomic E-state index is 0.280. The van der Waals surface area contributed by atoms with Gasteiger partial charge in [0.05, 0.1) is 11.2 Å². The van der Waals surface area contributed by atoms with Crippen LogP contribution in [0.4, 0.5) is 0 Å². The molecule has 0 amide bonds. The summed E-state index contributed by atoms with van der Waals surface area (Å²) in [6.45, 7) is 0.280. The van der Waals surface area contributed by atoms with Crippen molar-refractivity contribution < 1.29 is 9.15 Å². The Morgan fingerprint density at radius 1 is 1.36 bits per heavy atom. The number of benzene rings is 1. The predicted octanol–water partition coefficient (Wildman–Crippen LogP) is 3.65. The zero-order valence-electron chi connectivity index (χ0n) is 11.3. The molecule has 1 N–H and O–H groups in total. The molecule has 0 saturated heterocycles. The van der Waals surface area contributed by atoms with Gasteiger partial charge in [-0.15, -0.1) is 0 Å². The van der Waals surface area contributed by atoms with Crippen LogP contribution in [0.1, 0.15) is 11.5 Å². The highest BCUT2D eigenvalue weighted by Crippen LogP contribution is 2.24. The number of hydrogen-bond acceptors (Lipinski definition) is 5. The lowest BCUT2D eigenvalue weighted by Gasteiger charge is -2.05. The molecule has 0 aliphatic heterocycles. The SMILES string of the molecule is S=c1[nH]ncn1/N=C\c1ccc(COc2ccccc2Cl)o1. The molecule has 2 heterocycles. The van der Waals surface area contributed by atoms with Crippen LogP contribution < -0.4 is 4.74 Å². The summed E-state index contributed by atoms with van der Waals surface area (Å²) in [5.74, 6) is 1.86. The molecular weight excluding hydrogens is 324 g/mol. The van der Waals surface area contributed by atoms with Gasteiger partial charge in [0.25, 0.3) is 0 Å². The van der Waals surface area contributed by atoms with E-state index in [-0.39, 0.29) is 6.61 Å². The molecule has 0 atom stereocenters. The highest BCUT2D eigenvalue weighted by molar-refractivity contribution is 7.71. The molecule has 8 heteroatoms.